The molecule has 3 heterocycles. The lowest BCUT2D eigenvalue weighted by atomic mass is 10.3. The Morgan fingerprint density at radius 1 is 1.42 bits per heavy atom. The van der Waals surface area contributed by atoms with Gasteiger partial charge in [0.05, 0.1) is 28.5 Å². The lowest BCUT2D eigenvalue weighted by molar-refractivity contribution is -0.0215. The summed E-state index contributed by atoms with van der Waals surface area (Å²) in [6.07, 6.45) is 4.08. The molecule has 3 rings (SSSR count). The van der Waals surface area contributed by atoms with Crippen LogP contribution < -0.4 is 0 Å². The zero-order valence-electron chi connectivity index (χ0n) is 10.6. The van der Waals surface area contributed by atoms with Crippen LogP contribution >= 0.6 is 23.2 Å². The molecule has 0 N–H and O–H groups in total. The van der Waals surface area contributed by atoms with Gasteiger partial charge in [0.2, 0.25) is 0 Å². The summed E-state index contributed by atoms with van der Waals surface area (Å²) in [5.74, 6) is 0. The minimum absolute atomic E-state index is 0.281. The predicted octanol–water partition coefficient (Wildman–Crippen LogP) is 2.86. The molecule has 6 heteroatoms. The molecule has 1 aliphatic rings. The Bertz CT molecular complexity index is 599. The molecule has 1 unspecified atom stereocenters. The number of hydrogen-bond donors (Lipinski definition) is 0. The van der Waals surface area contributed by atoms with Gasteiger partial charge in [-0.25, -0.2) is 4.98 Å². The average Bonchev–Trinajstić information content (AvgIpc) is 2.71. The summed E-state index contributed by atoms with van der Waals surface area (Å²) in [7, 11) is 0. The quantitative estimate of drug-likeness (QED) is 0.854. The molecule has 2 aromatic heterocycles. The van der Waals surface area contributed by atoms with Crippen molar-refractivity contribution in [2.45, 2.75) is 19.6 Å². The topological polar surface area (TPSA) is 29.8 Å². The van der Waals surface area contributed by atoms with E-state index in [4.69, 9.17) is 27.9 Å². The molecule has 102 valence electrons. The van der Waals surface area contributed by atoms with Crippen molar-refractivity contribution in [1.29, 1.82) is 0 Å². The molecule has 0 amide bonds. The monoisotopic (exact) mass is 299 g/mol. The molecular formula is C13H15Cl2N3O. The van der Waals surface area contributed by atoms with Gasteiger partial charge in [0.1, 0.15) is 0 Å². The zero-order valence-corrected chi connectivity index (χ0v) is 12.2. The maximum absolute atomic E-state index is 6.14. The highest BCUT2D eigenvalue weighted by Crippen LogP contribution is 2.22. The fraction of sp³-hybridized carbons (Fsp3) is 0.462. The molecule has 0 radical (unpaired) electrons. The van der Waals surface area contributed by atoms with E-state index in [1.165, 1.54) is 0 Å². The number of nitrogens with zero attached hydrogens (tertiary/aromatic N) is 3. The molecule has 1 fully saturated rings. The van der Waals surface area contributed by atoms with Crippen molar-refractivity contribution in [2.75, 3.05) is 19.7 Å². The number of rotatable bonds is 2. The Balaban J connectivity index is 1.83. The molecule has 19 heavy (non-hydrogen) atoms. The van der Waals surface area contributed by atoms with E-state index in [0.717, 1.165) is 37.6 Å². The molecule has 1 saturated heterocycles. The van der Waals surface area contributed by atoms with Crippen molar-refractivity contribution in [3.8, 4) is 0 Å². The molecule has 0 bridgehead atoms. The van der Waals surface area contributed by atoms with Crippen molar-refractivity contribution in [2.24, 2.45) is 0 Å². The van der Waals surface area contributed by atoms with Gasteiger partial charge < -0.3 is 9.14 Å². The van der Waals surface area contributed by atoms with Crippen LogP contribution in [0.15, 0.2) is 18.5 Å². The van der Waals surface area contributed by atoms with E-state index in [1.807, 2.05) is 16.8 Å². The number of fused-ring (bicyclic) bond motifs is 1. The van der Waals surface area contributed by atoms with Crippen LogP contribution in [-0.2, 0) is 11.3 Å². The maximum atomic E-state index is 6.14. The summed E-state index contributed by atoms with van der Waals surface area (Å²) < 4.78 is 7.41. The molecule has 0 spiro atoms. The van der Waals surface area contributed by atoms with Crippen LogP contribution in [0.4, 0.5) is 0 Å². The van der Waals surface area contributed by atoms with Gasteiger partial charge in [-0.15, -0.1) is 0 Å². The molecule has 0 saturated carbocycles. The summed E-state index contributed by atoms with van der Waals surface area (Å²) in [5, 5.41) is 1.19. The summed E-state index contributed by atoms with van der Waals surface area (Å²) in [6.45, 7) is 5.55. The van der Waals surface area contributed by atoms with Gasteiger partial charge in [-0.1, -0.05) is 23.2 Å². The van der Waals surface area contributed by atoms with Crippen molar-refractivity contribution < 1.29 is 4.74 Å². The van der Waals surface area contributed by atoms with E-state index in [0.29, 0.717) is 10.0 Å². The third-order valence-corrected chi connectivity index (χ3v) is 3.72. The molecule has 4 nitrogen and oxygen atoms in total. The molecule has 2 aromatic rings. The first-order chi connectivity index (χ1) is 9.11. The van der Waals surface area contributed by atoms with E-state index < -0.39 is 0 Å². The van der Waals surface area contributed by atoms with E-state index in [2.05, 4.69) is 16.8 Å². The normalized spacial score (nSPS) is 21.1. The third-order valence-electron chi connectivity index (χ3n) is 3.23. The van der Waals surface area contributed by atoms with Gasteiger partial charge in [0.15, 0.2) is 5.65 Å². The number of morpholine rings is 1. The average molecular weight is 300 g/mol. The molecule has 0 aliphatic carbocycles. The first-order valence-corrected chi connectivity index (χ1v) is 7.04. The van der Waals surface area contributed by atoms with Gasteiger partial charge in [0.25, 0.3) is 0 Å². The first kappa shape index (κ1) is 13.2. The van der Waals surface area contributed by atoms with E-state index in [9.17, 15) is 0 Å². The number of hydrogen-bond acceptors (Lipinski definition) is 3. The van der Waals surface area contributed by atoms with Crippen molar-refractivity contribution in [1.82, 2.24) is 14.3 Å². The lowest BCUT2D eigenvalue weighted by Gasteiger charge is -2.30. The second-order valence-electron chi connectivity index (χ2n) is 4.89. The highest BCUT2D eigenvalue weighted by Gasteiger charge is 2.18. The molecule has 1 atom stereocenters. The van der Waals surface area contributed by atoms with Crippen LogP contribution in [0.25, 0.3) is 5.65 Å². The van der Waals surface area contributed by atoms with E-state index in [1.54, 1.807) is 6.07 Å². The number of imidazole rings is 1. The lowest BCUT2D eigenvalue weighted by Crippen LogP contribution is -2.40. The standard InChI is InChI=1S/C13H15Cl2N3O/c1-9-5-17(2-3-19-9)7-11-8-18-6-10(14)4-12(15)13(18)16-11/h4,6,8-9H,2-3,5,7H2,1H3. The van der Waals surface area contributed by atoms with Gasteiger partial charge in [-0.05, 0) is 13.0 Å². The van der Waals surface area contributed by atoms with E-state index in [-0.39, 0.29) is 6.10 Å². The summed E-state index contributed by atoms with van der Waals surface area (Å²) >= 11 is 12.1. The number of aromatic nitrogens is 2. The predicted molar refractivity (Wildman–Crippen MR) is 75.9 cm³/mol. The Morgan fingerprint density at radius 2 is 2.26 bits per heavy atom. The Hall–Kier alpha value is -0.810. The number of ether oxygens (including phenoxy) is 1. The SMILES string of the molecule is CC1CN(Cc2cn3cc(Cl)cc(Cl)c3n2)CCO1. The van der Waals surface area contributed by atoms with Crippen molar-refractivity contribution in [3.05, 3.63) is 34.2 Å². The van der Waals surface area contributed by atoms with Gasteiger partial charge in [0, 0.05) is 32.0 Å². The van der Waals surface area contributed by atoms with E-state index >= 15 is 0 Å². The maximum Gasteiger partial charge on any atom is 0.156 e. The summed E-state index contributed by atoms with van der Waals surface area (Å²) in [4.78, 5) is 6.90. The number of halogens is 2. The second kappa shape index (κ2) is 5.29. The van der Waals surface area contributed by atoms with Crippen LogP contribution in [0.5, 0.6) is 0 Å². The third kappa shape index (κ3) is 2.87. The van der Waals surface area contributed by atoms with Crippen molar-refractivity contribution >= 4 is 28.8 Å². The van der Waals surface area contributed by atoms with Crippen molar-refractivity contribution in [3.63, 3.8) is 0 Å². The van der Waals surface area contributed by atoms with Crippen LogP contribution in [0.2, 0.25) is 10.0 Å². The Kier molecular flexibility index (Phi) is 3.67. The number of pyridine rings is 1. The van der Waals surface area contributed by atoms with Crippen LogP contribution in [0.1, 0.15) is 12.6 Å². The highest BCUT2D eigenvalue weighted by atomic mass is 35.5. The molecule has 0 aromatic carbocycles. The first-order valence-electron chi connectivity index (χ1n) is 6.28. The Morgan fingerprint density at radius 3 is 3.05 bits per heavy atom. The fourth-order valence-corrected chi connectivity index (χ4v) is 2.94. The largest absolute Gasteiger partial charge is 0.376 e. The van der Waals surface area contributed by atoms with Gasteiger partial charge in [-0.2, -0.15) is 0 Å². The minimum Gasteiger partial charge on any atom is -0.376 e. The molecular weight excluding hydrogens is 285 g/mol. The van der Waals surface area contributed by atoms with Gasteiger partial charge >= 0.3 is 0 Å². The minimum atomic E-state index is 0.281. The highest BCUT2D eigenvalue weighted by molar-refractivity contribution is 6.36. The van der Waals surface area contributed by atoms with Crippen LogP contribution in [-0.4, -0.2) is 40.1 Å². The second-order valence-corrected chi connectivity index (χ2v) is 5.73. The van der Waals surface area contributed by atoms with Crippen LogP contribution in [0, 0.1) is 0 Å². The smallest absolute Gasteiger partial charge is 0.156 e. The molecule has 1 aliphatic heterocycles. The Labute approximate surface area is 121 Å². The summed E-state index contributed by atoms with van der Waals surface area (Å²) in [6, 6.07) is 1.71. The van der Waals surface area contributed by atoms with Crippen LogP contribution in [0.3, 0.4) is 0 Å². The fourth-order valence-electron chi connectivity index (χ4n) is 2.41. The van der Waals surface area contributed by atoms with Gasteiger partial charge in [-0.3, -0.25) is 4.90 Å². The summed E-state index contributed by atoms with van der Waals surface area (Å²) in [5.41, 5.74) is 1.75. The zero-order chi connectivity index (χ0) is 13.4.